The fourth-order valence-corrected chi connectivity index (χ4v) is 11.7. The quantitative estimate of drug-likeness (QED) is 0.0902. The first kappa shape index (κ1) is 70.0. The lowest BCUT2D eigenvalue weighted by Crippen LogP contribution is -2.48. The Hall–Kier alpha value is -8.37. The summed E-state index contributed by atoms with van der Waals surface area (Å²) in [4.78, 5) is 38.4. The lowest BCUT2D eigenvalue weighted by Gasteiger charge is -2.26. The fourth-order valence-electron chi connectivity index (χ4n) is 10.8. The van der Waals surface area contributed by atoms with Gasteiger partial charge in [0, 0.05) is 82.1 Å². The third kappa shape index (κ3) is 17.1. The Kier molecular flexibility index (Phi) is 23.6. The summed E-state index contributed by atoms with van der Waals surface area (Å²) in [7, 11) is 1.58. The minimum Gasteiger partial charge on any atom is -0.379 e. The molecule has 3 aromatic heterocycles. The number of morpholine rings is 1. The molecule has 0 bridgehead atoms. The van der Waals surface area contributed by atoms with E-state index in [-0.39, 0.29) is 34.6 Å². The number of carbonyl (C=O) groups is 3. The minimum absolute atomic E-state index is 0.0452. The van der Waals surface area contributed by atoms with Gasteiger partial charge in [-0.15, -0.1) is 0 Å². The molecule has 15 nitrogen and oxygen atoms in total. The van der Waals surface area contributed by atoms with Gasteiger partial charge in [-0.25, -0.2) is 41.6 Å². The highest BCUT2D eigenvalue weighted by molar-refractivity contribution is 6.36. The molecular formula is C70H66Cl5F4N11O4. The van der Waals surface area contributed by atoms with Gasteiger partial charge in [-0.3, -0.25) is 25.2 Å². The number of halogens is 9. The number of hydrazine groups is 2. The van der Waals surface area contributed by atoms with E-state index in [1.807, 2.05) is 99.5 Å². The Morgan fingerprint density at radius 3 is 1.15 bits per heavy atom. The van der Waals surface area contributed by atoms with Crippen molar-refractivity contribution in [2.45, 2.75) is 60.8 Å². The number of allylic oxidation sites excluding steroid dienone is 3. The second-order valence-corrected chi connectivity index (χ2v) is 24.4. The van der Waals surface area contributed by atoms with E-state index < -0.39 is 29.2 Å². The predicted octanol–water partition coefficient (Wildman–Crippen LogP) is 16.5. The highest BCUT2D eigenvalue weighted by Gasteiger charge is 2.28. The van der Waals surface area contributed by atoms with E-state index in [2.05, 4.69) is 31.5 Å². The van der Waals surface area contributed by atoms with Gasteiger partial charge in [-0.05, 0) is 185 Å². The molecular weight excluding hydrogens is 1310 g/mol. The zero-order valence-corrected chi connectivity index (χ0v) is 56.1. The van der Waals surface area contributed by atoms with E-state index in [9.17, 15) is 31.9 Å². The van der Waals surface area contributed by atoms with Crippen molar-refractivity contribution < 1.29 is 36.7 Å². The lowest BCUT2D eigenvalue weighted by atomic mass is 10.0. The predicted molar refractivity (Wildman–Crippen MR) is 366 cm³/mol. The summed E-state index contributed by atoms with van der Waals surface area (Å²) in [6.45, 7) is 14.8. The van der Waals surface area contributed by atoms with Crippen LogP contribution in [0, 0.1) is 44.0 Å². The number of nitrogens with zero attached hydrogens (tertiary/aromatic N) is 8. The van der Waals surface area contributed by atoms with E-state index in [1.54, 1.807) is 73.1 Å². The van der Waals surface area contributed by atoms with Crippen molar-refractivity contribution in [2.75, 3.05) is 46.4 Å². The molecule has 9 aromatic rings. The number of nitrogens with one attached hydrogen (secondary N) is 3. The van der Waals surface area contributed by atoms with Gasteiger partial charge in [0.2, 0.25) is 0 Å². The molecule has 0 aliphatic carbocycles. The smallest absolute Gasteiger partial charge is 0.286 e. The molecule has 5 heterocycles. The molecule has 2 aliphatic rings. The normalized spacial score (nSPS) is 14.0. The summed E-state index contributed by atoms with van der Waals surface area (Å²) in [5.74, 6) is -3.94. The first-order valence-corrected chi connectivity index (χ1v) is 31.8. The van der Waals surface area contributed by atoms with Crippen LogP contribution in [-0.4, -0.2) is 104 Å². The summed E-state index contributed by atoms with van der Waals surface area (Å²) in [5.41, 5.74) is 16.2. The number of carbonyl (C=O) groups excluding carboxylic acids is 3. The topological polar surface area (TPSA) is 156 Å². The van der Waals surface area contributed by atoms with Crippen LogP contribution in [0.2, 0.25) is 25.1 Å². The molecule has 3 N–H and O–H groups in total. The lowest BCUT2D eigenvalue weighted by molar-refractivity contribution is 0.0124. The van der Waals surface area contributed by atoms with E-state index in [0.717, 1.165) is 95.2 Å². The number of rotatable bonds is 14. The first-order chi connectivity index (χ1) is 45.0. The van der Waals surface area contributed by atoms with Crippen molar-refractivity contribution in [3.8, 4) is 17.1 Å². The summed E-state index contributed by atoms with van der Waals surface area (Å²) in [6.07, 6.45) is 8.98. The van der Waals surface area contributed by atoms with Crippen LogP contribution in [0.1, 0.15) is 122 Å². The maximum atomic E-state index is 14.7. The average Bonchev–Trinajstić information content (AvgIpc) is 1.66. The summed E-state index contributed by atoms with van der Waals surface area (Å²) < 4.78 is 66.2. The minimum atomic E-state index is -0.779. The Morgan fingerprint density at radius 2 is 0.787 bits per heavy atom. The van der Waals surface area contributed by atoms with Crippen LogP contribution in [0.4, 0.5) is 17.6 Å². The van der Waals surface area contributed by atoms with Crippen molar-refractivity contribution >= 4 is 111 Å². The number of benzene rings is 6. The number of hydrogen-bond acceptors (Lipinski definition) is 9. The maximum Gasteiger partial charge on any atom is 0.286 e. The first-order valence-electron chi connectivity index (χ1n) is 29.9. The van der Waals surface area contributed by atoms with E-state index in [1.165, 1.54) is 27.6 Å². The van der Waals surface area contributed by atoms with Crippen molar-refractivity contribution in [1.82, 2.24) is 55.5 Å². The van der Waals surface area contributed by atoms with Gasteiger partial charge in [0.25, 0.3) is 17.7 Å². The van der Waals surface area contributed by atoms with Gasteiger partial charge in [-0.2, -0.15) is 15.3 Å². The van der Waals surface area contributed by atoms with E-state index in [4.69, 9.17) is 62.7 Å². The molecule has 24 heteroatoms. The second-order valence-electron chi connectivity index (χ2n) is 22.2. The largest absolute Gasteiger partial charge is 0.379 e. The number of hydrogen-bond donors (Lipinski definition) is 3. The molecule has 11 rings (SSSR count). The van der Waals surface area contributed by atoms with Crippen molar-refractivity contribution in [3.63, 3.8) is 0 Å². The number of amides is 3. The van der Waals surface area contributed by atoms with Gasteiger partial charge in [0.15, 0.2) is 28.7 Å². The van der Waals surface area contributed by atoms with Gasteiger partial charge in [0.1, 0.15) is 23.0 Å². The van der Waals surface area contributed by atoms with E-state index >= 15 is 0 Å². The van der Waals surface area contributed by atoms with Gasteiger partial charge < -0.3 is 10.1 Å². The van der Waals surface area contributed by atoms with Crippen LogP contribution in [-0.2, 0) is 4.74 Å². The molecule has 2 saturated heterocycles. The molecule has 0 saturated carbocycles. The Balaban J connectivity index is 0.000000167. The molecule has 3 amide bonds. The zero-order valence-electron chi connectivity index (χ0n) is 52.3. The van der Waals surface area contributed by atoms with Crippen molar-refractivity contribution in [2.24, 2.45) is 0 Å². The summed E-state index contributed by atoms with van der Waals surface area (Å²) >= 11 is 30.4. The molecule has 6 aromatic carbocycles. The fraction of sp³-hybridized carbons (Fsp3) is 0.229. The van der Waals surface area contributed by atoms with Gasteiger partial charge >= 0.3 is 0 Å². The average molecular weight is 1380 g/mol. The van der Waals surface area contributed by atoms with Gasteiger partial charge in [0.05, 0.1) is 41.0 Å². The summed E-state index contributed by atoms with van der Waals surface area (Å²) in [5, 5.41) is 22.6. The molecule has 0 spiro atoms. The monoisotopic (exact) mass is 1380 g/mol. The van der Waals surface area contributed by atoms with Crippen molar-refractivity contribution in [1.29, 1.82) is 0 Å². The third-order valence-corrected chi connectivity index (χ3v) is 16.7. The Morgan fingerprint density at radius 1 is 0.447 bits per heavy atom. The maximum absolute atomic E-state index is 14.7. The highest BCUT2D eigenvalue weighted by atomic mass is 35.5. The molecule has 2 fully saturated rings. The molecule has 488 valence electrons. The van der Waals surface area contributed by atoms with Crippen LogP contribution < -0.4 is 16.2 Å². The number of ether oxygens (including phenoxy) is 1. The third-order valence-electron chi connectivity index (χ3n) is 15.4. The van der Waals surface area contributed by atoms with Crippen LogP contribution in [0.3, 0.4) is 0 Å². The SMILES string of the molecule is C/C(=C\c1ccc(Cl)cc1)c1c(C)c(C(=O)NN2CCCCC2)nn1-c1ccc(F)cc1F.C/C(=C\c1ccc(Cl)cc1)c1c(C)c(C(=O)NN2CCOCC2)nn1-c1ccc(F)cc1F.CNC(=O)c1nn(-c2ccc(Cl)cc2Cl)c(/C(C)=C/c2ccc(Cl)cc2)c1C. The standard InChI is InChI=1S/C25H25ClF2N4O.C24H23ClF2N4O2.C21H18Cl3N3O/c1-16(14-18-6-8-19(26)9-7-18)24-17(2)23(25(33)30-31-12-4-3-5-13-31)29-32(24)22-11-10-20(27)15-21(22)28;1-15(13-17-3-5-18(25)6-4-17)23-16(2)22(24(32)29-30-9-11-33-12-10-30)28-31(23)21-8-7-19(26)14-20(21)27;1-12(10-14-4-6-15(22)7-5-14)20-13(2)19(21(28)25-3)26-27(20)18-9-8-16(23)11-17(18)24/h6-11,14-15H,3-5,12-13H2,1-2H3,(H,30,33);3-8,13-14H,9-12H2,1-2H3,(H,29,32);4-11H,1-3H3,(H,25,28)/b16-14+;15-13+;12-10+. The van der Waals surface area contributed by atoms with Gasteiger partial charge in [-0.1, -0.05) is 101 Å². The molecule has 0 atom stereocenters. The number of piperidine rings is 1. The van der Waals surface area contributed by atoms with Crippen molar-refractivity contribution in [3.05, 3.63) is 243 Å². The Bertz CT molecular complexity index is 4160. The van der Waals surface area contributed by atoms with Crippen LogP contribution in [0.15, 0.2) is 127 Å². The van der Waals surface area contributed by atoms with Crippen LogP contribution in [0.5, 0.6) is 0 Å². The second kappa shape index (κ2) is 31.7. The van der Waals surface area contributed by atoms with E-state index in [0.29, 0.717) is 85.3 Å². The molecule has 0 radical (unpaired) electrons. The molecule has 2 aliphatic heterocycles. The molecule has 0 unspecified atom stereocenters. The van der Waals surface area contributed by atoms with Crippen LogP contribution >= 0.6 is 58.0 Å². The highest BCUT2D eigenvalue weighted by Crippen LogP contribution is 2.34. The van der Waals surface area contributed by atoms with Crippen LogP contribution in [0.25, 0.3) is 52.0 Å². The Labute approximate surface area is 567 Å². The molecule has 94 heavy (non-hydrogen) atoms. The summed E-state index contributed by atoms with van der Waals surface area (Å²) in [6, 6.07) is 33.8. The zero-order chi connectivity index (χ0) is 67.5. The number of aromatic nitrogens is 6.